The van der Waals surface area contributed by atoms with Gasteiger partial charge in [0.05, 0.1) is 0 Å². The fraction of sp³-hybridized carbons (Fsp3) is 0.885. The molecule has 31 heavy (non-hydrogen) atoms. The van der Waals surface area contributed by atoms with Crippen molar-refractivity contribution in [2.75, 3.05) is 0 Å². The Bertz CT molecular complexity index is 466. The van der Waals surface area contributed by atoms with Crippen molar-refractivity contribution in [3.05, 3.63) is 0 Å². The molecule has 0 aliphatic carbocycles. The van der Waals surface area contributed by atoms with E-state index in [-0.39, 0.29) is 12.7 Å². The number of unbranched alkanes of at least 4 members (excludes halogenated alkanes) is 18. The molecular weight excluding hydrogens is 412 g/mol. The summed E-state index contributed by atoms with van der Waals surface area (Å²) in [5.74, 6) is -0.546. The van der Waals surface area contributed by atoms with E-state index in [0.717, 1.165) is 12.8 Å². The summed E-state index contributed by atoms with van der Waals surface area (Å²) in [5.41, 5.74) is -1.85. The van der Waals surface area contributed by atoms with E-state index in [1.807, 2.05) is 0 Å². The van der Waals surface area contributed by atoms with Crippen LogP contribution in [0.3, 0.4) is 0 Å². The molecule has 1 unspecified atom stereocenters. The van der Waals surface area contributed by atoms with Gasteiger partial charge in [-0.1, -0.05) is 122 Å². The predicted molar refractivity (Wildman–Crippen MR) is 129 cm³/mol. The smallest absolute Gasteiger partial charge is 0.307 e. The molecule has 0 saturated heterocycles. The summed E-state index contributed by atoms with van der Waals surface area (Å²) in [4.78, 5) is 33.7. The molecule has 182 valence electrons. The van der Waals surface area contributed by atoms with Gasteiger partial charge in [0.1, 0.15) is 0 Å². The fourth-order valence-electron chi connectivity index (χ4n) is 3.75. The first-order valence-corrected chi connectivity index (χ1v) is 13.2. The van der Waals surface area contributed by atoms with Gasteiger partial charge in [-0.25, -0.2) is 0 Å². The summed E-state index contributed by atoms with van der Waals surface area (Å²) < 4.78 is 4.90. The minimum absolute atomic E-state index is 0.215. The number of hydrogen-bond acceptors (Lipinski definition) is 4. The van der Waals surface area contributed by atoms with Crippen molar-refractivity contribution in [3.63, 3.8) is 0 Å². The number of ether oxygens (including phenoxy) is 1. The van der Waals surface area contributed by atoms with Crippen LogP contribution in [0.5, 0.6) is 0 Å². The van der Waals surface area contributed by atoms with Gasteiger partial charge in [-0.05, 0) is 24.9 Å². The second-order valence-corrected chi connectivity index (χ2v) is 9.43. The summed E-state index contributed by atoms with van der Waals surface area (Å²) in [6, 6.07) is 0. The van der Waals surface area contributed by atoms with Gasteiger partial charge >= 0.3 is 5.97 Å². The van der Waals surface area contributed by atoms with Crippen LogP contribution in [0.15, 0.2) is 0 Å². The number of carbonyl (C=O) groups is 3. The van der Waals surface area contributed by atoms with Gasteiger partial charge in [0.2, 0.25) is 5.60 Å². The van der Waals surface area contributed by atoms with Crippen molar-refractivity contribution >= 4 is 29.1 Å². The summed E-state index contributed by atoms with van der Waals surface area (Å²) >= 11 is 5.30. The van der Waals surface area contributed by atoms with E-state index < -0.39 is 16.8 Å². The zero-order valence-corrected chi connectivity index (χ0v) is 21.0. The molecule has 0 aromatic carbocycles. The summed E-state index contributed by atoms with van der Waals surface area (Å²) in [6.45, 7) is 3.48. The van der Waals surface area contributed by atoms with E-state index in [1.54, 1.807) is 0 Å². The van der Waals surface area contributed by atoms with Crippen molar-refractivity contribution in [1.82, 2.24) is 0 Å². The molecule has 0 saturated carbocycles. The fourth-order valence-corrected chi connectivity index (χ4v) is 3.83. The molecule has 0 fully saturated rings. The first-order chi connectivity index (χ1) is 15.0. The largest absolute Gasteiger partial charge is 0.442 e. The highest BCUT2D eigenvalue weighted by Crippen LogP contribution is 2.16. The quantitative estimate of drug-likeness (QED) is 0.0510. The molecule has 0 N–H and O–H groups in total. The number of aldehydes is 1. The Hall–Kier alpha value is -0.900. The molecule has 5 heteroatoms. The first-order valence-electron chi connectivity index (χ1n) is 12.8. The van der Waals surface area contributed by atoms with Gasteiger partial charge in [0, 0.05) is 6.42 Å². The maximum absolute atomic E-state index is 11.7. The molecule has 0 heterocycles. The Morgan fingerprint density at radius 2 is 1.00 bits per heavy atom. The SMILES string of the molecule is CCCCCCCCCCCCCCCCCCCCCC(=O)OC(C)(C=O)C(=O)Cl. The lowest BCUT2D eigenvalue weighted by atomic mass is 10.0. The third-order valence-electron chi connectivity index (χ3n) is 5.93. The van der Waals surface area contributed by atoms with Crippen LogP contribution in [-0.2, 0) is 19.1 Å². The van der Waals surface area contributed by atoms with E-state index in [1.165, 1.54) is 110 Å². The highest BCUT2D eigenvalue weighted by atomic mass is 35.5. The van der Waals surface area contributed by atoms with Crippen LogP contribution in [0.2, 0.25) is 0 Å². The number of carbonyl (C=O) groups excluding carboxylic acids is 3. The second-order valence-electron chi connectivity index (χ2n) is 9.09. The molecule has 0 rings (SSSR count). The summed E-state index contributed by atoms with van der Waals surface area (Å²) in [5, 5.41) is -0.969. The lowest BCUT2D eigenvalue weighted by molar-refractivity contribution is -0.164. The average molecular weight is 459 g/mol. The Balaban J connectivity index is 3.31. The van der Waals surface area contributed by atoms with Crippen LogP contribution >= 0.6 is 11.6 Å². The standard InChI is InChI=1S/C26H47ClO4/c1-3-4-5-6-7-8-9-10-11-12-13-14-15-16-17-18-19-20-21-22-24(29)31-26(2,23-28)25(27)30/h23H,3-22H2,1-2H3. The number of esters is 1. The zero-order valence-electron chi connectivity index (χ0n) is 20.2. The monoisotopic (exact) mass is 458 g/mol. The third kappa shape index (κ3) is 18.4. The molecule has 4 nitrogen and oxygen atoms in total. The van der Waals surface area contributed by atoms with Gasteiger partial charge < -0.3 is 4.74 Å². The molecule has 0 aliphatic heterocycles. The predicted octanol–water partition coefficient (Wildman–Crippen LogP) is 8.07. The normalized spacial score (nSPS) is 13.0. The molecule has 0 radical (unpaired) electrons. The van der Waals surface area contributed by atoms with Gasteiger partial charge in [-0.3, -0.25) is 14.4 Å². The average Bonchev–Trinajstić information content (AvgIpc) is 2.75. The highest BCUT2D eigenvalue weighted by Gasteiger charge is 2.35. The molecule has 0 amide bonds. The topological polar surface area (TPSA) is 60.4 Å². The number of hydrogen-bond donors (Lipinski definition) is 0. The van der Waals surface area contributed by atoms with Crippen LogP contribution in [0, 0.1) is 0 Å². The maximum atomic E-state index is 11.7. The summed E-state index contributed by atoms with van der Waals surface area (Å²) in [7, 11) is 0. The van der Waals surface area contributed by atoms with Crippen LogP contribution in [-0.4, -0.2) is 23.1 Å². The van der Waals surface area contributed by atoms with Crippen molar-refractivity contribution in [2.45, 2.75) is 148 Å². The first kappa shape index (κ1) is 30.1. The van der Waals surface area contributed by atoms with Crippen LogP contribution in [0.25, 0.3) is 0 Å². The Labute approximate surface area is 196 Å². The van der Waals surface area contributed by atoms with E-state index >= 15 is 0 Å². The van der Waals surface area contributed by atoms with Crippen LogP contribution in [0.1, 0.15) is 142 Å². The molecular formula is C26H47ClO4. The lowest BCUT2D eigenvalue weighted by Crippen LogP contribution is -2.39. The molecule has 0 bridgehead atoms. The van der Waals surface area contributed by atoms with Gasteiger partial charge in [0.25, 0.3) is 5.24 Å². The summed E-state index contributed by atoms with van der Waals surface area (Å²) in [6.07, 6.45) is 25.2. The van der Waals surface area contributed by atoms with E-state index in [2.05, 4.69) is 6.92 Å². The van der Waals surface area contributed by atoms with E-state index in [0.29, 0.717) is 6.42 Å². The molecule has 0 aromatic heterocycles. The van der Waals surface area contributed by atoms with Gasteiger partial charge in [-0.15, -0.1) is 0 Å². The third-order valence-corrected chi connectivity index (χ3v) is 6.30. The second kappa shape index (κ2) is 21.0. The Morgan fingerprint density at radius 3 is 1.29 bits per heavy atom. The van der Waals surface area contributed by atoms with Crippen LogP contribution in [0.4, 0.5) is 0 Å². The molecule has 0 spiro atoms. The van der Waals surface area contributed by atoms with Crippen molar-refractivity contribution in [3.8, 4) is 0 Å². The Kier molecular flexibility index (Phi) is 20.4. The van der Waals surface area contributed by atoms with Gasteiger partial charge in [0.15, 0.2) is 6.29 Å². The number of halogens is 1. The number of rotatable bonds is 23. The highest BCUT2D eigenvalue weighted by molar-refractivity contribution is 6.67. The minimum Gasteiger partial charge on any atom is -0.442 e. The molecule has 0 aliphatic rings. The lowest BCUT2D eigenvalue weighted by Gasteiger charge is -2.18. The minimum atomic E-state index is -1.85. The van der Waals surface area contributed by atoms with Gasteiger partial charge in [-0.2, -0.15) is 0 Å². The van der Waals surface area contributed by atoms with Crippen molar-refractivity contribution in [1.29, 1.82) is 0 Å². The Morgan fingerprint density at radius 1 is 0.677 bits per heavy atom. The maximum Gasteiger partial charge on any atom is 0.307 e. The molecule has 1 atom stereocenters. The van der Waals surface area contributed by atoms with Crippen molar-refractivity contribution in [2.24, 2.45) is 0 Å². The van der Waals surface area contributed by atoms with E-state index in [4.69, 9.17) is 16.3 Å². The van der Waals surface area contributed by atoms with Crippen molar-refractivity contribution < 1.29 is 19.1 Å². The van der Waals surface area contributed by atoms with Crippen LogP contribution < -0.4 is 0 Å². The molecule has 0 aromatic rings. The zero-order chi connectivity index (χ0) is 23.2. The van der Waals surface area contributed by atoms with E-state index in [9.17, 15) is 14.4 Å².